The standard InChI is InChI=1S/C12H16BrClN2O2S/c1-8-9(2)16(7-6-15-8)19(17,18)11-5-3-4-10(13)12(11)14/h3-5,8-9,15H,6-7H2,1-2H3. The van der Waals surface area contributed by atoms with Crippen LogP contribution in [-0.2, 0) is 10.0 Å². The molecule has 106 valence electrons. The molecule has 19 heavy (non-hydrogen) atoms. The maximum Gasteiger partial charge on any atom is 0.244 e. The summed E-state index contributed by atoms with van der Waals surface area (Å²) in [6, 6.07) is 4.97. The molecule has 1 heterocycles. The van der Waals surface area contributed by atoms with Crippen LogP contribution in [0.4, 0.5) is 0 Å². The summed E-state index contributed by atoms with van der Waals surface area (Å²) in [5.74, 6) is 0. The first-order valence-electron chi connectivity index (χ1n) is 6.05. The topological polar surface area (TPSA) is 49.4 Å². The molecular formula is C12H16BrClN2O2S. The van der Waals surface area contributed by atoms with Crippen molar-refractivity contribution in [3.05, 3.63) is 27.7 Å². The van der Waals surface area contributed by atoms with Crippen LogP contribution in [0.3, 0.4) is 0 Å². The van der Waals surface area contributed by atoms with Crippen molar-refractivity contribution in [1.82, 2.24) is 9.62 Å². The molecule has 2 atom stereocenters. The van der Waals surface area contributed by atoms with Gasteiger partial charge in [-0.15, -0.1) is 0 Å². The molecule has 0 radical (unpaired) electrons. The van der Waals surface area contributed by atoms with Crippen LogP contribution in [0.1, 0.15) is 13.8 Å². The van der Waals surface area contributed by atoms with Crippen LogP contribution in [0.2, 0.25) is 5.02 Å². The van der Waals surface area contributed by atoms with E-state index in [-0.39, 0.29) is 22.0 Å². The van der Waals surface area contributed by atoms with Crippen molar-refractivity contribution in [2.24, 2.45) is 0 Å². The van der Waals surface area contributed by atoms with Crippen molar-refractivity contribution in [2.45, 2.75) is 30.8 Å². The second kappa shape index (κ2) is 5.69. The number of halogens is 2. The van der Waals surface area contributed by atoms with Crippen LogP contribution in [-0.4, -0.2) is 37.9 Å². The number of nitrogens with zero attached hydrogens (tertiary/aromatic N) is 1. The normalized spacial score (nSPS) is 25.5. The number of hydrogen-bond acceptors (Lipinski definition) is 3. The molecule has 1 aromatic carbocycles. The highest BCUT2D eigenvalue weighted by Gasteiger charge is 2.35. The Balaban J connectivity index is 2.45. The predicted molar refractivity (Wildman–Crippen MR) is 80.0 cm³/mol. The Morgan fingerprint density at radius 3 is 2.79 bits per heavy atom. The Labute approximate surface area is 127 Å². The van der Waals surface area contributed by atoms with E-state index in [9.17, 15) is 8.42 Å². The molecule has 0 bridgehead atoms. The fourth-order valence-electron chi connectivity index (χ4n) is 2.17. The summed E-state index contributed by atoms with van der Waals surface area (Å²) in [6.45, 7) is 4.99. The summed E-state index contributed by atoms with van der Waals surface area (Å²) in [5.41, 5.74) is 0. The molecule has 7 heteroatoms. The molecule has 0 aromatic heterocycles. The first-order chi connectivity index (χ1) is 8.85. The van der Waals surface area contributed by atoms with E-state index >= 15 is 0 Å². The lowest BCUT2D eigenvalue weighted by molar-refractivity contribution is 0.233. The van der Waals surface area contributed by atoms with Crippen LogP contribution < -0.4 is 5.32 Å². The van der Waals surface area contributed by atoms with Gasteiger partial charge in [0.15, 0.2) is 0 Å². The third kappa shape index (κ3) is 2.83. The van der Waals surface area contributed by atoms with Gasteiger partial charge in [-0.3, -0.25) is 0 Å². The highest BCUT2D eigenvalue weighted by atomic mass is 79.9. The molecule has 0 aliphatic carbocycles. The minimum atomic E-state index is -3.57. The lowest BCUT2D eigenvalue weighted by atomic mass is 10.1. The average Bonchev–Trinajstić information content (AvgIpc) is 2.35. The second-order valence-corrected chi connectivity index (χ2v) is 7.74. The zero-order valence-corrected chi connectivity index (χ0v) is 13.9. The second-order valence-electron chi connectivity index (χ2n) is 4.65. The van der Waals surface area contributed by atoms with E-state index < -0.39 is 10.0 Å². The largest absolute Gasteiger partial charge is 0.311 e. The van der Waals surface area contributed by atoms with E-state index in [0.717, 1.165) is 0 Å². The fraction of sp³-hybridized carbons (Fsp3) is 0.500. The van der Waals surface area contributed by atoms with Gasteiger partial charge in [0.05, 0.1) is 5.02 Å². The lowest BCUT2D eigenvalue weighted by Crippen LogP contribution is -2.57. The number of piperazine rings is 1. The van der Waals surface area contributed by atoms with Gasteiger partial charge in [-0.2, -0.15) is 4.31 Å². The van der Waals surface area contributed by atoms with Gasteiger partial charge < -0.3 is 5.32 Å². The third-order valence-corrected chi connectivity index (χ3v) is 6.92. The molecule has 1 N–H and O–H groups in total. The number of nitrogens with one attached hydrogen (secondary N) is 1. The van der Waals surface area contributed by atoms with Crippen molar-refractivity contribution in [3.63, 3.8) is 0 Å². The quantitative estimate of drug-likeness (QED) is 0.873. The van der Waals surface area contributed by atoms with Crippen LogP contribution in [0.5, 0.6) is 0 Å². The van der Waals surface area contributed by atoms with E-state index in [1.807, 2.05) is 13.8 Å². The van der Waals surface area contributed by atoms with Gasteiger partial charge in [-0.05, 0) is 41.9 Å². The number of sulfonamides is 1. The minimum Gasteiger partial charge on any atom is -0.311 e. The highest BCUT2D eigenvalue weighted by molar-refractivity contribution is 9.10. The summed E-state index contributed by atoms with van der Waals surface area (Å²) in [4.78, 5) is 0.157. The molecule has 0 saturated carbocycles. The van der Waals surface area contributed by atoms with Crippen molar-refractivity contribution in [2.75, 3.05) is 13.1 Å². The number of benzene rings is 1. The Bertz CT molecular complexity index is 579. The first-order valence-corrected chi connectivity index (χ1v) is 8.66. The SMILES string of the molecule is CC1NCCN(S(=O)(=O)c2cccc(Br)c2Cl)C1C. The van der Waals surface area contributed by atoms with E-state index in [4.69, 9.17) is 11.6 Å². The van der Waals surface area contributed by atoms with Crippen molar-refractivity contribution >= 4 is 37.6 Å². The molecule has 2 rings (SSSR count). The third-order valence-electron chi connectivity index (χ3n) is 3.48. The number of rotatable bonds is 2. The van der Waals surface area contributed by atoms with Crippen LogP contribution in [0.15, 0.2) is 27.6 Å². The van der Waals surface area contributed by atoms with E-state index in [1.165, 1.54) is 4.31 Å². The van der Waals surface area contributed by atoms with Gasteiger partial charge in [-0.1, -0.05) is 17.7 Å². The summed E-state index contributed by atoms with van der Waals surface area (Å²) >= 11 is 9.37. The van der Waals surface area contributed by atoms with E-state index in [1.54, 1.807) is 18.2 Å². The lowest BCUT2D eigenvalue weighted by Gasteiger charge is -2.37. The molecule has 1 saturated heterocycles. The molecule has 0 spiro atoms. The van der Waals surface area contributed by atoms with Gasteiger partial charge >= 0.3 is 0 Å². The van der Waals surface area contributed by atoms with Gasteiger partial charge in [0.2, 0.25) is 10.0 Å². The van der Waals surface area contributed by atoms with Gasteiger partial charge in [-0.25, -0.2) is 8.42 Å². The predicted octanol–water partition coefficient (Wildman–Crippen LogP) is 2.47. The van der Waals surface area contributed by atoms with Gasteiger partial charge in [0.25, 0.3) is 0 Å². The Hall–Kier alpha value is -0.140. The molecule has 2 unspecified atom stereocenters. The monoisotopic (exact) mass is 366 g/mol. The molecule has 4 nitrogen and oxygen atoms in total. The van der Waals surface area contributed by atoms with Crippen LogP contribution in [0.25, 0.3) is 0 Å². The average molecular weight is 368 g/mol. The minimum absolute atomic E-state index is 0.103. The molecule has 1 aromatic rings. The van der Waals surface area contributed by atoms with E-state index in [2.05, 4.69) is 21.2 Å². The zero-order chi connectivity index (χ0) is 14.2. The zero-order valence-electron chi connectivity index (χ0n) is 10.7. The Kier molecular flexibility index (Phi) is 4.57. The van der Waals surface area contributed by atoms with Crippen molar-refractivity contribution < 1.29 is 8.42 Å². The molecule has 1 aliphatic heterocycles. The highest BCUT2D eigenvalue weighted by Crippen LogP contribution is 2.32. The molecule has 0 amide bonds. The fourth-order valence-corrected chi connectivity index (χ4v) is 4.88. The summed E-state index contributed by atoms with van der Waals surface area (Å²) in [6.07, 6.45) is 0. The molecule has 1 fully saturated rings. The van der Waals surface area contributed by atoms with Crippen molar-refractivity contribution in [1.29, 1.82) is 0 Å². The van der Waals surface area contributed by atoms with Gasteiger partial charge in [0, 0.05) is 29.6 Å². The molecular weight excluding hydrogens is 352 g/mol. The Morgan fingerprint density at radius 2 is 2.11 bits per heavy atom. The maximum atomic E-state index is 12.7. The summed E-state index contributed by atoms with van der Waals surface area (Å²) < 4.78 is 27.5. The van der Waals surface area contributed by atoms with Gasteiger partial charge in [0.1, 0.15) is 4.90 Å². The Morgan fingerprint density at radius 1 is 1.42 bits per heavy atom. The summed E-state index contributed by atoms with van der Waals surface area (Å²) in [7, 11) is -3.57. The number of hydrogen-bond donors (Lipinski definition) is 1. The van der Waals surface area contributed by atoms with Crippen molar-refractivity contribution in [3.8, 4) is 0 Å². The maximum absolute atomic E-state index is 12.7. The smallest absolute Gasteiger partial charge is 0.244 e. The first kappa shape index (κ1) is 15.3. The van der Waals surface area contributed by atoms with Crippen LogP contribution >= 0.6 is 27.5 Å². The summed E-state index contributed by atoms with van der Waals surface area (Å²) in [5, 5.41) is 3.50. The molecule has 1 aliphatic rings. The van der Waals surface area contributed by atoms with E-state index in [0.29, 0.717) is 17.6 Å². The van der Waals surface area contributed by atoms with Crippen LogP contribution in [0, 0.1) is 0 Å².